The highest BCUT2D eigenvalue weighted by Gasteiger charge is 2.43. The van der Waals surface area contributed by atoms with E-state index in [4.69, 9.17) is 4.74 Å². The predicted octanol–water partition coefficient (Wildman–Crippen LogP) is 3.21. The smallest absolute Gasteiger partial charge is 0.231 e. The second-order valence-corrected chi connectivity index (χ2v) is 7.02. The quantitative estimate of drug-likeness (QED) is 0.732. The van der Waals surface area contributed by atoms with E-state index in [0.717, 1.165) is 34.3 Å². The number of pyridine rings is 1. The van der Waals surface area contributed by atoms with Gasteiger partial charge in [-0.15, -0.1) is 0 Å². The molecule has 7 nitrogen and oxygen atoms in total. The molecule has 2 atom stereocenters. The second-order valence-electron chi connectivity index (χ2n) is 7.02. The molecule has 146 valence electrons. The number of methoxy groups -OCH3 is 1. The lowest BCUT2D eigenvalue weighted by Crippen LogP contribution is -2.15. The number of fused-ring (bicyclic) bond motifs is 1. The van der Waals surface area contributed by atoms with Crippen LogP contribution in [0, 0.1) is 12.8 Å². The van der Waals surface area contributed by atoms with Crippen LogP contribution in [0.5, 0.6) is 5.88 Å². The molecule has 28 heavy (non-hydrogen) atoms. The van der Waals surface area contributed by atoms with Crippen LogP contribution in [0.25, 0.3) is 22.2 Å². The molecule has 4 rings (SSSR count). The van der Waals surface area contributed by atoms with E-state index in [-0.39, 0.29) is 12.3 Å². The lowest BCUT2D eigenvalue weighted by molar-refractivity contribution is -0.117. The van der Waals surface area contributed by atoms with Crippen LogP contribution in [0.3, 0.4) is 0 Å². The summed E-state index contributed by atoms with van der Waals surface area (Å²) in [5.74, 6) is 0.729. The molecule has 0 saturated heterocycles. The van der Waals surface area contributed by atoms with Crippen LogP contribution in [0.1, 0.15) is 24.9 Å². The van der Waals surface area contributed by atoms with Gasteiger partial charge in [-0.2, -0.15) is 4.98 Å². The van der Waals surface area contributed by atoms with Crippen LogP contribution < -0.4 is 10.1 Å². The highest BCUT2D eigenvalue weighted by Crippen LogP contribution is 2.36. The highest BCUT2D eigenvalue weighted by molar-refractivity contribution is 5.96. The molecule has 1 fully saturated rings. The molecule has 1 amide bonds. The summed E-state index contributed by atoms with van der Waals surface area (Å²) in [5, 5.41) is 3.60. The first-order valence-electron chi connectivity index (χ1n) is 9.25. The average Bonchev–Trinajstić information content (AvgIpc) is 3.33. The number of aromatic nitrogens is 4. The summed E-state index contributed by atoms with van der Waals surface area (Å²) < 4.78 is 20.6. The van der Waals surface area contributed by atoms with Gasteiger partial charge in [-0.3, -0.25) is 4.79 Å². The van der Waals surface area contributed by atoms with E-state index in [1.807, 2.05) is 31.5 Å². The first-order valence-corrected chi connectivity index (χ1v) is 9.25. The predicted molar refractivity (Wildman–Crippen MR) is 104 cm³/mol. The van der Waals surface area contributed by atoms with E-state index in [2.05, 4.69) is 20.3 Å². The topological polar surface area (TPSA) is 81.9 Å². The van der Waals surface area contributed by atoms with Crippen molar-refractivity contribution in [1.82, 2.24) is 19.5 Å². The number of rotatable bonds is 5. The van der Waals surface area contributed by atoms with Gasteiger partial charge in [0, 0.05) is 12.4 Å². The minimum absolute atomic E-state index is 0.288. The van der Waals surface area contributed by atoms with Gasteiger partial charge in [0.05, 0.1) is 41.7 Å². The number of ether oxygens (including phenoxy) is 1. The normalized spacial score (nSPS) is 18.3. The number of carbonyl (C=O) groups is 1. The number of aryl methyl sites for hydroxylation is 3. The maximum absolute atomic E-state index is 13.1. The van der Waals surface area contributed by atoms with Crippen LogP contribution in [-0.2, 0) is 18.3 Å². The zero-order valence-corrected chi connectivity index (χ0v) is 16.3. The van der Waals surface area contributed by atoms with Crippen LogP contribution in [0.15, 0.2) is 18.3 Å². The first-order chi connectivity index (χ1) is 13.4. The summed E-state index contributed by atoms with van der Waals surface area (Å²) in [6.07, 6.45) is 1.69. The monoisotopic (exact) mass is 383 g/mol. The van der Waals surface area contributed by atoms with E-state index in [1.54, 1.807) is 19.4 Å². The summed E-state index contributed by atoms with van der Waals surface area (Å²) in [5.41, 5.74) is 3.55. The maximum atomic E-state index is 13.1. The number of hydrogen-bond donors (Lipinski definition) is 1. The van der Waals surface area contributed by atoms with Gasteiger partial charge in [-0.25, -0.2) is 14.4 Å². The summed E-state index contributed by atoms with van der Waals surface area (Å²) in [6, 6.07) is 3.79. The molecule has 1 aliphatic rings. The molecule has 3 aromatic heterocycles. The van der Waals surface area contributed by atoms with E-state index in [0.29, 0.717) is 17.5 Å². The van der Waals surface area contributed by atoms with Crippen LogP contribution in [-0.4, -0.2) is 38.7 Å². The Morgan fingerprint density at radius 3 is 2.79 bits per heavy atom. The number of amides is 1. The van der Waals surface area contributed by atoms with Gasteiger partial charge >= 0.3 is 0 Å². The van der Waals surface area contributed by atoms with Crippen LogP contribution >= 0.6 is 0 Å². The Labute approximate surface area is 162 Å². The highest BCUT2D eigenvalue weighted by atomic mass is 19.1. The Hall–Kier alpha value is -3.03. The van der Waals surface area contributed by atoms with E-state index in [9.17, 15) is 9.18 Å². The Morgan fingerprint density at radius 1 is 1.39 bits per heavy atom. The zero-order chi connectivity index (χ0) is 20.0. The SMILES string of the molecule is CCc1nc(C)nc(OC)c1-c1cc2cc(NC(=O)C3CC3F)ncc2n1C. The Balaban J connectivity index is 1.77. The molecule has 1 saturated carbocycles. The largest absolute Gasteiger partial charge is 0.480 e. The van der Waals surface area contributed by atoms with E-state index >= 15 is 0 Å². The standard InChI is InChI=1S/C20H22FN5O2/c1-5-14-18(20(28-4)24-10(2)23-14)15-6-11-7-17(22-9-16(11)26(15)3)25-19(27)12-8-13(12)21/h6-7,9,12-13H,5,8H2,1-4H3,(H,22,25,27). The maximum Gasteiger partial charge on any atom is 0.231 e. The molecule has 0 spiro atoms. The van der Waals surface area contributed by atoms with Crippen molar-refractivity contribution >= 4 is 22.6 Å². The van der Waals surface area contributed by atoms with Crippen molar-refractivity contribution < 1.29 is 13.9 Å². The van der Waals surface area contributed by atoms with Crippen molar-refractivity contribution in [2.45, 2.75) is 32.9 Å². The van der Waals surface area contributed by atoms with Crippen LogP contribution in [0.4, 0.5) is 10.2 Å². The molecular weight excluding hydrogens is 361 g/mol. The fraction of sp³-hybridized carbons (Fsp3) is 0.400. The molecule has 3 heterocycles. The lowest BCUT2D eigenvalue weighted by Gasteiger charge is -2.13. The van der Waals surface area contributed by atoms with Gasteiger partial charge < -0.3 is 14.6 Å². The first kappa shape index (κ1) is 18.3. The average molecular weight is 383 g/mol. The van der Waals surface area contributed by atoms with Gasteiger partial charge in [0.2, 0.25) is 11.8 Å². The summed E-state index contributed by atoms with van der Waals surface area (Å²) in [7, 11) is 3.53. The molecule has 8 heteroatoms. The van der Waals surface area contributed by atoms with Crippen molar-refractivity contribution in [2.24, 2.45) is 13.0 Å². The Morgan fingerprint density at radius 2 is 2.14 bits per heavy atom. The minimum Gasteiger partial charge on any atom is -0.480 e. The lowest BCUT2D eigenvalue weighted by atomic mass is 10.1. The van der Waals surface area contributed by atoms with E-state index < -0.39 is 12.1 Å². The number of halogens is 1. The fourth-order valence-corrected chi connectivity index (χ4v) is 3.46. The number of nitrogens with one attached hydrogen (secondary N) is 1. The molecular formula is C20H22FN5O2. The zero-order valence-electron chi connectivity index (χ0n) is 16.3. The molecule has 0 aromatic carbocycles. The number of hydrogen-bond acceptors (Lipinski definition) is 5. The molecule has 1 aliphatic carbocycles. The van der Waals surface area contributed by atoms with Crippen molar-refractivity contribution in [3.63, 3.8) is 0 Å². The molecule has 3 aromatic rings. The summed E-state index contributed by atoms with van der Waals surface area (Å²) >= 11 is 0. The van der Waals surface area contributed by atoms with Gasteiger partial charge in [0.15, 0.2) is 0 Å². The molecule has 0 radical (unpaired) electrons. The molecule has 0 aliphatic heterocycles. The third-order valence-electron chi connectivity index (χ3n) is 5.08. The molecule has 1 N–H and O–H groups in total. The Bertz CT molecular complexity index is 1050. The Kier molecular flexibility index (Phi) is 4.49. The number of carbonyl (C=O) groups excluding carboxylic acids is 1. The van der Waals surface area contributed by atoms with Gasteiger partial charge in [-0.1, -0.05) is 6.92 Å². The third-order valence-corrected chi connectivity index (χ3v) is 5.08. The van der Waals surface area contributed by atoms with Crippen LogP contribution in [0.2, 0.25) is 0 Å². The summed E-state index contributed by atoms with van der Waals surface area (Å²) in [6.45, 7) is 3.88. The second kappa shape index (κ2) is 6.85. The summed E-state index contributed by atoms with van der Waals surface area (Å²) in [4.78, 5) is 25.3. The molecule has 2 unspecified atom stereocenters. The van der Waals surface area contributed by atoms with E-state index in [1.165, 1.54) is 0 Å². The van der Waals surface area contributed by atoms with Crippen molar-refractivity contribution in [1.29, 1.82) is 0 Å². The number of nitrogens with zero attached hydrogens (tertiary/aromatic N) is 4. The van der Waals surface area contributed by atoms with Gasteiger partial charge in [0.25, 0.3) is 0 Å². The minimum atomic E-state index is -1.03. The van der Waals surface area contributed by atoms with Crippen molar-refractivity contribution in [3.05, 3.63) is 29.8 Å². The number of alkyl halides is 1. The number of anilines is 1. The third kappa shape index (κ3) is 3.08. The van der Waals surface area contributed by atoms with Gasteiger partial charge in [-0.05, 0) is 31.9 Å². The van der Waals surface area contributed by atoms with Crippen molar-refractivity contribution in [3.8, 4) is 17.1 Å². The van der Waals surface area contributed by atoms with Gasteiger partial charge in [0.1, 0.15) is 17.8 Å². The molecule has 0 bridgehead atoms. The van der Waals surface area contributed by atoms with Crippen molar-refractivity contribution in [2.75, 3.05) is 12.4 Å². The fourth-order valence-electron chi connectivity index (χ4n) is 3.46.